The van der Waals surface area contributed by atoms with Gasteiger partial charge in [-0.3, -0.25) is 0 Å². The first-order valence-corrected chi connectivity index (χ1v) is 10.7. The van der Waals surface area contributed by atoms with Crippen LogP contribution in [0.1, 0.15) is 28.8 Å². The maximum atomic E-state index is 15.0. The van der Waals surface area contributed by atoms with E-state index in [0.29, 0.717) is 22.8 Å². The van der Waals surface area contributed by atoms with Gasteiger partial charge in [-0.2, -0.15) is 5.10 Å². The number of ether oxygens (including phenoxy) is 1. The number of nitrogens with zero attached hydrogens (tertiary/aromatic N) is 5. The van der Waals surface area contributed by atoms with E-state index in [1.165, 1.54) is 21.5 Å². The van der Waals surface area contributed by atoms with E-state index >= 15 is 0 Å². The Morgan fingerprint density at radius 3 is 2.53 bits per heavy atom. The van der Waals surface area contributed by atoms with Crippen LogP contribution in [0, 0.1) is 22.9 Å². The topological polar surface area (TPSA) is 105 Å². The standard InChI is InChI=1S/C24H22FN5O4/c1-3-34-24(31)22-19(13-14-28-16(2)26-15-21(28)30(32)33)23(18-11-7-8-12-20(18)25)29(27-22)17-9-5-4-6-10-17/h4-12,15H,3,13-14H2,1-2H3. The van der Waals surface area contributed by atoms with E-state index < -0.39 is 16.7 Å². The van der Waals surface area contributed by atoms with Gasteiger partial charge in [-0.05, 0) is 36.1 Å². The summed E-state index contributed by atoms with van der Waals surface area (Å²) in [7, 11) is 0. The van der Waals surface area contributed by atoms with Crippen LogP contribution in [0.2, 0.25) is 0 Å². The highest BCUT2D eigenvalue weighted by Gasteiger charge is 2.28. The van der Waals surface area contributed by atoms with Gasteiger partial charge < -0.3 is 14.9 Å². The molecule has 0 unspecified atom stereocenters. The summed E-state index contributed by atoms with van der Waals surface area (Å²) >= 11 is 0. The lowest BCUT2D eigenvalue weighted by atomic mass is 10.0. The number of benzene rings is 2. The third-order valence-electron chi connectivity index (χ3n) is 5.39. The van der Waals surface area contributed by atoms with Gasteiger partial charge in [0, 0.05) is 24.5 Å². The first-order valence-electron chi connectivity index (χ1n) is 10.7. The molecule has 10 heteroatoms. The van der Waals surface area contributed by atoms with Crippen LogP contribution in [-0.4, -0.2) is 36.8 Å². The normalized spacial score (nSPS) is 10.9. The highest BCUT2D eigenvalue weighted by molar-refractivity contribution is 5.91. The molecule has 0 aliphatic heterocycles. The number of hydrogen-bond donors (Lipinski definition) is 0. The van der Waals surface area contributed by atoms with Crippen LogP contribution in [0.5, 0.6) is 0 Å². The summed E-state index contributed by atoms with van der Waals surface area (Å²) in [6, 6.07) is 15.2. The highest BCUT2D eigenvalue weighted by Crippen LogP contribution is 2.32. The van der Waals surface area contributed by atoms with Crippen molar-refractivity contribution >= 4 is 11.8 Å². The molecule has 174 valence electrons. The molecule has 0 amide bonds. The number of carbonyl (C=O) groups excluding carboxylic acids is 1. The molecule has 0 saturated heterocycles. The van der Waals surface area contributed by atoms with Crippen LogP contribution in [0.4, 0.5) is 10.2 Å². The zero-order valence-corrected chi connectivity index (χ0v) is 18.6. The second-order valence-corrected chi connectivity index (χ2v) is 7.45. The predicted molar refractivity (Wildman–Crippen MR) is 122 cm³/mol. The number of aromatic nitrogens is 4. The molecule has 0 fully saturated rings. The lowest BCUT2D eigenvalue weighted by Crippen LogP contribution is -2.12. The van der Waals surface area contributed by atoms with Crippen molar-refractivity contribution < 1.29 is 18.8 Å². The molecule has 0 aliphatic rings. The summed E-state index contributed by atoms with van der Waals surface area (Å²) in [6.45, 7) is 3.61. The summed E-state index contributed by atoms with van der Waals surface area (Å²) in [5.41, 5.74) is 1.72. The van der Waals surface area contributed by atoms with E-state index in [-0.39, 0.29) is 36.6 Å². The molecule has 9 nitrogen and oxygen atoms in total. The first-order chi connectivity index (χ1) is 16.4. The van der Waals surface area contributed by atoms with Crippen molar-refractivity contribution in [3.63, 3.8) is 0 Å². The molecule has 34 heavy (non-hydrogen) atoms. The fraction of sp³-hybridized carbons (Fsp3) is 0.208. The van der Waals surface area contributed by atoms with Crippen molar-refractivity contribution in [2.45, 2.75) is 26.8 Å². The van der Waals surface area contributed by atoms with Crippen molar-refractivity contribution in [3.05, 3.63) is 93.8 Å². The van der Waals surface area contributed by atoms with E-state index in [2.05, 4.69) is 10.1 Å². The number of halogens is 1. The van der Waals surface area contributed by atoms with E-state index in [9.17, 15) is 19.3 Å². The fourth-order valence-corrected chi connectivity index (χ4v) is 3.84. The summed E-state index contributed by atoms with van der Waals surface area (Å²) in [4.78, 5) is 27.8. The fourth-order valence-electron chi connectivity index (χ4n) is 3.84. The Morgan fingerprint density at radius 1 is 1.15 bits per heavy atom. The van der Waals surface area contributed by atoms with Gasteiger partial charge in [0.1, 0.15) is 12.0 Å². The average Bonchev–Trinajstić information content (AvgIpc) is 3.39. The Balaban J connectivity index is 1.92. The third kappa shape index (κ3) is 4.29. The molecule has 2 aromatic carbocycles. The lowest BCUT2D eigenvalue weighted by molar-refractivity contribution is -0.392. The van der Waals surface area contributed by atoms with E-state index in [0.717, 1.165) is 0 Å². The monoisotopic (exact) mass is 463 g/mol. The molecule has 0 N–H and O–H groups in total. The van der Waals surface area contributed by atoms with E-state index in [1.54, 1.807) is 44.2 Å². The quantitative estimate of drug-likeness (QED) is 0.216. The SMILES string of the molecule is CCOC(=O)c1nn(-c2ccccc2)c(-c2ccccc2F)c1CCn1c([N+](=O)[O-])cnc1C. The molecule has 2 aromatic heterocycles. The summed E-state index contributed by atoms with van der Waals surface area (Å²) in [5.74, 6) is -0.854. The number of carbonyl (C=O) groups is 1. The molecule has 0 bridgehead atoms. The largest absolute Gasteiger partial charge is 0.461 e. The summed E-state index contributed by atoms with van der Waals surface area (Å²) < 4.78 is 23.2. The van der Waals surface area contributed by atoms with Crippen molar-refractivity contribution in [2.75, 3.05) is 6.61 Å². The first kappa shape index (κ1) is 22.8. The maximum Gasteiger partial charge on any atom is 0.359 e. The van der Waals surface area contributed by atoms with E-state index in [1.807, 2.05) is 18.2 Å². The number of imidazole rings is 1. The highest BCUT2D eigenvalue weighted by atomic mass is 19.1. The minimum atomic E-state index is -0.651. The van der Waals surface area contributed by atoms with Gasteiger partial charge in [-0.1, -0.05) is 30.3 Å². The predicted octanol–water partition coefficient (Wildman–Crippen LogP) is 4.51. The van der Waals surface area contributed by atoms with Crippen molar-refractivity contribution in [2.24, 2.45) is 0 Å². The minimum absolute atomic E-state index is 0.0318. The maximum absolute atomic E-state index is 15.0. The lowest BCUT2D eigenvalue weighted by Gasteiger charge is -2.11. The van der Waals surface area contributed by atoms with Crippen LogP contribution in [0.15, 0.2) is 60.8 Å². The van der Waals surface area contributed by atoms with Crippen LogP contribution in [-0.2, 0) is 17.7 Å². The Hall–Kier alpha value is -4.34. The van der Waals surface area contributed by atoms with Gasteiger partial charge in [0.15, 0.2) is 11.5 Å². The third-order valence-corrected chi connectivity index (χ3v) is 5.39. The number of rotatable bonds is 8. The molecule has 0 saturated carbocycles. The number of esters is 1. The van der Waals surface area contributed by atoms with Gasteiger partial charge in [0.05, 0.1) is 24.5 Å². The molecule has 4 aromatic rings. The van der Waals surface area contributed by atoms with Crippen LogP contribution in [0.3, 0.4) is 0 Å². The zero-order valence-electron chi connectivity index (χ0n) is 18.6. The van der Waals surface area contributed by atoms with Gasteiger partial charge in [-0.15, -0.1) is 0 Å². The molecule has 0 aliphatic carbocycles. The zero-order chi connectivity index (χ0) is 24.2. The molecule has 4 rings (SSSR count). The minimum Gasteiger partial charge on any atom is -0.461 e. The van der Waals surface area contributed by atoms with Crippen LogP contribution >= 0.6 is 0 Å². The average molecular weight is 463 g/mol. The molecule has 0 spiro atoms. The molecular formula is C24H22FN5O4. The summed E-state index contributed by atoms with van der Waals surface area (Å²) in [5, 5.41) is 15.9. The van der Waals surface area contributed by atoms with Gasteiger partial charge in [0.2, 0.25) is 0 Å². The Bertz CT molecular complexity index is 1350. The number of nitro groups is 1. The van der Waals surface area contributed by atoms with Crippen molar-refractivity contribution in [1.82, 2.24) is 19.3 Å². The van der Waals surface area contributed by atoms with Crippen molar-refractivity contribution in [1.29, 1.82) is 0 Å². The Morgan fingerprint density at radius 2 is 1.85 bits per heavy atom. The smallest absolute Gasteiger partial charge is 0.359 e. The second kappa shape index (κ2) is 9.65. The second-order valence-electron chi connectivity index (χ2n) is 7.45. The molecule has 0 atom stereocenters. The van der Waals surface area contributed by atoms with E-state index in [4.69, 9.17) is 4.74 Å². The number of hydrogen-bond acceptors (Lipinski definition) is 6. The Kier molecular flexibility index (Phi) is 6.48. The van der Waals surface area contributed by atoms with Gasteiger partial charge in [0.25, 0.3) is 0 Å². The molecule has 2 heterocycles. The van der Waals surface area contributed by atoms with Crippen LogP contribution in [0.25, 0.3) is 16.9 Å². The molecular weight excluding hydrogens is 441 g/mol. The van der Waals surface area contributed by atoms with Crippen molar-refractivity contribution in [3.8, 4) is 16.9 Å². The van der Waals surface area contributed by atoms with Crippen LogP contribution < -0.4 is 0 Å². The molecule has 0 radical (unpaired) electrons. The summed E-state index contributed by atoms with van der Waals surface area (Å²) in [6.07, 6.45) is 1.34. The Labute approximate surface area is 194 Å². The van der Waals surface area contributed by atoms with Gasteiger partial charge >= 0.3 is 11.8 Å². The number of aryl methyl sites for hydroxylation is 1. The van der Waals surface area contributed by atoms with Gasteiger partial charge in [-0.25, -0.2) is 23.4 Å². The number of para-hydroxylation sites is 1.